The van der Waals surface area contributed by atoms with Crippen LogP contribution >= 0.6 is 0 Å². The predicted octanol–water partition coefficient (Wildman–Crippen LogP) is 1.83. The van der Waals surface area contributed by atoms with Gasteiger partial charge in [-0.05, 0) is 12.1 Å². The van der Waals surface area contributed by atoms with Gasteiger partial charge < -0.3 is 14.7 Å². The molecule has 0 amide bonds. The average Bonchev–Trinajstić information content (AvgIpc) is 2.36. The van der Waals surface area contributed by atoms with E-state index in [-0.39, 0.29) is 11.3 Å². The van der Waals surface area contributed by atoms with Gasteiger partial charge in [-0.3, -0.25) is 0 Å². The molecule has 7 heteroatoms. The van der Waals surface area contributed by atoms with Crippen LogP contribution in [0.25, 0.3) is 0 Å². The van der Waals surface area contributed by atoms with E-state index in [1.54, 1.807) is 12.1 Å². The molecule has 106 valence electrons. The molecular weight excluding hydrogens is 263 g/mol. The fourth-order valence-electron chi connectivity index (χ4n) is 1.55. The first-order valence-electron chi connectivity index (χ1n) is 5.40. The summed E-state index contributed by atoms with van der Waals surface area (Å²) in [6.07, 6.45) is -7.18. The van der Waals surface area contributed by atoms with E-state index in [1.807, 2.05) is 0 Å². The van der Waals surface area contributed by atoms with Gasteiger partial charge in [0.05, 0.1) is 24.9 Å². The molecule has 0 aliphatic carbocycles. The van der Waals surface area contributed by atoms with Gasteiger partial charge >= 0.3 is 12.1 Å². The molecule has 1 rings (SSSR count). The van der Waals surface area contributed by atoms with Crippen LogP contribution < -0.4 is 4.90 Å². The van der Waals surface area contributed by atoms with E-state index in [0.29, 0.717) is 0 Å². The second-order valence-electron chi connectivity index (χ2n) is 3.95. The number of ether oxygens (including phenoxy) is 1. The minimum atomic E-state index is -4.70. The summed E-state index contributed by atoms with van der Waals surface area (Å²) in [7, 11) is 2.54. The van der Waals surface area contributed by atoms with Gasteiger partial charge in [-0.2, -0.15) is 13.2 Å². The molecule has 0 aliphatic heterocycles. The fraction of sp³-hybridized carbons (Fsp3) is 0.417. The number of para-hydroxylation sites is 1. The maximum absolute atomic E-state index is 12.3. The number of methoxy groups -OCH3 is 1. The first-order chi connectivity index (χ1) is 8.77. The van der Waals surface area contributed by atoms with E-state index in [4.69, 9.17) is 5.11 Å². The predicted molar refractivity (Wildman–Crippen MR) is 63.1 cm³/mol. The lowest BCUT2D eigenvalue weighted by atomic mass is 10.1. The maximum Gasteiger partial charge on any atom is 0.416 e. The quantitative estimate of drug-likeness (QED) is 0.853. The SMILES string of the molecule is COC(=O)c1ccccc1N(C)CC(O)C(F)(F)F. The molecular formula is C12H14F3NO3. The highest BCUT2D eigenvalue weighted by molar-refractivity contribution is 5.95. The van der Waals surface area contributed by atoms with Gasteiger partial charge in [-0.1, -0.05) is 12.1 Å². The van der Waals surface area contributed by atoms with Crippen molar-refractivity contribution in [3.8, 4) is 0 Å². The van der Waals surface area contributed by atoms with Crippen LogP contribution in [0, 0.1) is 0 Å². The molecule has 0 saturated heterocycles. The minimum Gasteiger partial charge on any atom is -0.465 e. The summed E-state index contributed by atoms with van der Waals surface area (Å²) in [6, 6.07) is 6.08. The Morgan fingerprint density at radius 3 is 2.53 bits per heavy atom. The molecule has 1 unspecified atom stereocenters. The molecule has 0 heterocycles. The van der Waals surface area contributed by atoms with Crippen LogP contribution in [0.15, 0.2) is 24.3 Å². The van der Waals surface area contributed by atoms with Crippen LogP contribution in [-0.4, -0.2) is 44.1 Å². The second kappa shape index (κ2) is 5.92. The average molecular weight is 277 g/mol. The molecule has 0 bridgehead atoms. The van der Waals surface area contributed by atoms with Gasteiger partial charge in [0.2, 0.25) is 0 Å². The lowest BCUT2D eigenvalue weighted by molar-refractivity contribution is -0.200. The zero-order valence-corrected chi connectivity index (χ0v) is 10.4. The zero-order chi connectivity index (χ0) is 14.6. The Morgan fingerprint density at radius 1 is 1.42 bits per heavy atom. The molecule has 0 saturated carbocycles. The number of rotatable bonds is 4. The Hall–Kier alpha value is -1.76. The maximum atomic E-state index is 12.3. The van der Waals surface area contributed by atoms with E-state index in [9.17, 15) is 18.0 Å². The molecule has 4 nitrogen and oxygen atoms in total. The van der Waals surface area contributed by atoms with E-state index in [0.717, 1.165) is 4.90 Å². The standard InChI is InChI=1S/C12H14F3NO3/c1-16(7-10(17)12(13,14)15)9-6-4-3-5-8(9)11(18)19-2/h3-6,10,17H,7H2,1-2H3. The van der Waals surface area contributed by atoms with Crippen molar-refractivity contribution in [2.24, 2.45) is 0 Å². The van der Waals surface area contributed by atoms with Crippen molar-refractivity contribution in [3.63, 3.8) is 0 Å². The van der Waals surface area contributed by atoms with Gasteiger partial charge in [0.15, 0.2) is 6.10 Å². The number of likely N-dealkylation sites (N-methyl/N-ethyl adjacent to an activating group) is 1. The third-order valence-electron chi connectivity index (χ3n) is 2.55. The van der Waals surface area contributed by atoms with Gasteiger partial charge in [0, 0.05) is 7.05 Å². The topological polar surface area (TPSA) is 49.8 Å². The van der Waals surface area contributed by atoms with Crippen molar-refractivity contribution < 1.29 is 27.8 Å². The van der Waals surface area contributed by atoms with Crippen LogP contribution in [-0.2, 0) is 4.74 Å². The Morgan fingerprint density at radius 2 is 2.00 bits per heavy atom. The normalized spacial score (nSPS) is 12.9. The van der Waals surface area contributed by atoms with Crippen molar-refractivity contribution in [1.82, 2.24) is 0 Å². The number of carbonyl (C=O) groups excluding carboxylic acids is 1. The lowest BCUT2D eigenvalue weighted by Gasteiger charge is -2.25. The van der Waals surface area contributed by atoms with E-state index < -0.39 is 24.8 Å². The summed E-state index contributed by atoms with van der Waals surface area (Å²) in [6.45, 7) is -0.669. The molecule has 19 heavy (non-hydrogen) atoms. The molecule has 0 aliphatic rings. The molecule has 1 aromatic rings. The largest absolute Gasteiger partial charge is 0.465 e. The number of nitrogens with zero attached hydrogens (tertiary/aromatic N) is 1. The number of esters is 1. The Kier molecular flexibility index (Phi) is 4.77. The number of aliphatic hydroxyl groups is 1. The van der Waals surface area contributed by atoms with Crippen LogP contribution in [0.4, 0.5) is 18.9 Å². The summed E-state index contributed by atoms with van der Waals surface area (Å²) in [5.41, 5.74) is 0.402. The van der Waals surface area contributed by atoms with Crippen LogP contribution in [0.3, 0.4) is 0 Å². The number of alkyl halides is 3. The Bertz CT molecular complexity index is 448. The van der Waals surface area contributed by atoms with Gasteiger partial charge in [0.1, 0.15) is 0 Å². The number of anilines is 1. The van der Waals surface area contributed by atoms with Gasteiger partial charge in [-0.15, -0.1) is 0 Å². The van der Waals surface area contributed by atoms with Crippen molar-refractivity contribution in [1.29, 1.82) is 0 Å². The van der Waals surface area contributed by atoms with Gasteiger partial charge in [-0.25, -0.2) is 4.79 Å². The van der Waals surface area contributed by atoms with E-state index in [1.165, 1.54) is 26.3 Å². The summed E-state index contributed by atoms with van der Waals surface area (Å²) in [5.74, 6) is -0.649. The molecule has 0 spiro atoms. The molecule has 0 aromatic heterocycles. The van der Waals surface area contributed by atoms with E-state index in [2.05, 4.69) is 4.74 Å². The number of carbonyl (C=O) groups is 1. The van der Waals surface area contributed by atoms with Crippen molar-refractivity contribution in [3.05, 3.63) is 29.8 Å². The summed E-state index contributed by atoms with van der Waals surface area (Å²) in [4.78, 5) is 12.6. The van der Waals surface area contributed by atoms with Crippen LogP contribution in [0.1, 0.15) is 10.4 Å². The van der Waals surface area contributed by atoms with Crippen molar-refractivity contribution >= 4 is 11.7 Å². The number of benzene rings is 1. The van der Waals surface area contributed by atoms with Crippen molar-refractivity contribution in [2.75, 3.05) is 25.6 Å². The summed E-state index contributed by atoms with van der Waals surface area (Å²) in [5, 5.41) is 9.02. The third-order valence-corrected chi connectivity index (χ3v) is 2.55. The zero-order valence-electron chi connectivity index (χ0n) is 10.4. The minimum absolute atomic E-state index is 0.141. The number of hydrogen-bond donors (Lipinski definition) is 1. The number of hydrogen-bond acceptors (Lipinski definition) is 4. The monoisotopic (exact) mass is 277 g/mol. The van der Waals surface area contributed by atoms with Gasteiger partial charge in [0.25, 0.3) is 0 Å². The smallest absolute Gasteiger partial charge is 0.416 e. The first-order valence-corrected chi connectivity index (χ1v) is 5.40. The summed E-state index contributed by atoms with van der Waals surface area (Å²) < 4.78 is 41.4. The summed E-state index contributed by atoms with van der Waals surface area (Å²) >= 11 is 0. The van der Waals surface area contributed by atoms with Crippen LogP contribution in [0.2, 0.25) is 0 Å². The highest BCUT2D eigenvalue weighted by Gasteiger charge is 2.39. The molecule has 1 N–H and O–H groups in total. The highest BCUT2D eigenvalue weighted by atomic mass is 19.4. The first kappa shape index (κ1) is 15.3. The fourth-order valence-corrected chi connectivity index (χ4v) is 1.55. The molecule has 1 aromatic carbocycles. The van der Waals surface area contributed by atoms with Crippen LogP contribution in [0.5, 0.6) is 0 Å². The molecule has 0 radical (unpaired) electrons. The molecule has 1 atom stereocenters. The Labute approximate surface area is 108 Å². The second-order valence-corrected chi connectivity index (χ2v) is 3.95. The van der Waals surface area contributed by atoms with Crippen molar-refractivity contribution in [2.45, 2.75) is 12.3 Å². The Balaban J connectivity index is 2.94. The lowest BCUT2D eigenvalue weighted by Crippen LogP contribution is -2.39. The number of aliphatic hydroxyl groups excluding tert-OH is 1. The highest BCUT2D eigenvalue weighted by Crippen LogP contribution is 2.24. The number of halogens is 3. The molecule has 0 fully saturated rings. The third kappa shape index (κ3) is 3.85. The van der Waals surface area contributed by atoms with E-state index >= 15 is 0 Å².